The van der Waals surface area contributed by atoms with Crippen LogP contribution in [0.1, 0.15) is 51.6 Å². The molecule has 0 aliphatic carbocycles. The molecule has 3 aromatic carbocycles. The van der Waals surface area contributed by atoms with E-state index in [4.69, 9.17) is 5.14 Å². The van der Waals surface area contributed by atoms with Crippen molar-refractivity contribution < 1.29 is 8.42 Å². The summed E-state index contributed by atoms with van der Waals surface area (Å²) >= 11 is 0. The van der Waals surface area contributed by atoms with E-state index >= 15 is 0 Å². The first-order valence-corrected chi connectivity index (χ1v) is 14.6. The molecule has 0 spiro atoms. The third kappa shape index (κ3) is 4.30. The number of primary sulfonamides is 1. The molecule has 9 heteroatoms. The zero-order valence-electron chi connectivity index (χ0n) is 21.8. The lowest BCUT2D eigenvalue weighted by molar-refractivity contribution is 0.190. The van der Waals surface area contributed by atoms with Gasteiger partial charge in [-0.1, -0.05) is 39.0 Å². The van der Waals surface area contributed by atoms with Gasteiger partial charge in [-0.05, 0) is 68.2 Å². The minimum Gasteiger partial charge on any atom is -0.354 e. The molecule has 0 amide bonds. The smallest absolute Gasteiger partial charge is 0.239 e. The van der Waals surface area contributed by atoms with Crippen LogP contribution in [-0.2, 0) is 10.0 Å². The number of H-pyrrole nitrogens is 2. The summed E-state index contributed by atoms with van der Waals surface area (Å²) in [7, 11) is -4.25. The zero-order valence-corrected chi connectivity index (χ0v) is 22.6. The molecule has 2 aromatic heterocycles. The summed E-state index contributed by atoms with van der Waals surface area (Å²) in [4.78, 5) is 35.7. The lowest BCUT2D eigenvalue weighted by Gasteiger charge is -2.32. The van der Waals surface area contributed by atoms with Crippen molar-refractivity contribution in [2.75, 3.05) is 13.1 Å². The van der Waals surface area contributed by atoms with Gasteiger partial charge in [-0.2, -0.15) is 0 Å². The third-order valence-electron chi connectivity index (χ3n) is 7.27. The van der Waals surface area contributed by atoms with Crippen LogP contribution >= 0.6 is 0 Å². The van der Waals surface area contributed by atoms with Gasteiger partial charge in [0.15, 0.2) is 10.9 Å². The molecule has 0 saturated carbocycles. The summed E-state index contributed by atoms with van der Waals surface area (Å²) in [5, 5.41) is 7.13. The van der Waals surface area contributed by atoms with Crippen LogP contribution in [-0.4, -0.2) is 36.4 Å². The number of para-hydroxylation sites is 1. The molecule has 0 aliphatic rings. The van der Waals surface area contributed by atoms with Crippen LogP contribution in [0, 0.1) is 0 Å². The molecule has 4 N–H and O–H groups in total. The van der Waals surface area contributed by atoms with Gasteiger partial charge in [0.1, 0.15) is 0 Å². The Labute approximate surface area is 220 Å². The molecule has 0 radical (unpaired) electrons. The van der Waals surface area contributed by atoms with E-state index < -0.39 is 15.5 Å². The Morgan fingerprint density at radius 2 is 1.39 bits per heavy atom. The van der Waals surface area contributed by atoms with Crippen LogP contribution in [0.4, 0.5) is 0 Å². The zero-order chi connectivity index (χ0) is 27.2. The normalized spacial score (nSPS) is 13.3. The van der Waals surface area contributed by atoms with Gasteiger partial charge in [0.05, 0.1) is 26.8 Å². The monoisotopic (exact) mass is 532 g/mol. The fourth-order valence-corrected chi connectivity index (χ4v) is 6.73. The fourth-order valence-electron chi connectivity index (χ4n) is 5.71. The van der Waals surface area contributed by atoms with E-state index in [0.717, 1.165) is 25.9 Å². The van der Waals surface area contributed by atoms with Crippen molar-refractivity contribution in [3.05, 3.63) is 74.5 Å². The maximum Gasteiger partial charge on any atom is 0.239 e. The first-order valence-electron chi connectivity index (χ1n) is 13.0. The summed E-state index contributed by atoms with van der Waals surface area (Å²) in [6, 6.07) is 13.8. The predicted octanol–water partition coefficient (Wildman–Crippen LogP) is 4.90. The fraction of sp³-hybridized carbons (Fsp3) is 0.310. The molecule has 1 unspecified atom stereocenters. The first kappa shape index (κ1) is 26.1. The summed E-state index contributed by atoms with van der Waals surface area (Å²) < 4.78 is 26.2. The van der Waals surface area contributed by atoms with Gasteiger partial charge in [-0.15, -0.1) is 0 Å². The standard InChI is InChI=1S/C29H32N4O4S/c1-4-13-33(14-5-2)25(6-3)18-11-12-22-26(29(18)38(30,36)37)28(35)20-16-23-19(15-24(20)32-22)27(34)17-9-7-8-10-21(17)31-23/h7-12,15-16,25H,4-6,13-14H2,1-3H3,(H,31,34)(H,32,35)(H2,30,36,37). The van der Waals surface area contributed by atoms with Crippen LogP contribution in [0.25, 0.3) is 43.6 Å². The molecule has 0 fully saturated rings. The topological polar surface area (TPSA) is 129 Å². The number of sulfonamides is 1. The van der Waals surface area contributed by atoms with E-state index in [2.05, 4.69) is 28.7 Å². The highest BCUT2D eigenvalue weighted by Crippen LogP contribution is 2.34. The number of pyridine rings is 2. The maximum atomic E-state index is 14.0. The molecular weight excluding hydrogens is 500 g/mol. The molecule has 198 valence electrons. The van der Waals surface area contributed by atoms with Crippen molar-refractivity contribution in [3.8, 4) is 0 Å². The van der Waals surface area contributed by atoms with E-state index in [1.165, 1.54) is 0 Å². The molecule has 38 heavy (non-hydrogen) atoms. The second-order valence-corrected chi connectivity index (χ2v) is 11.3. The SMILES string of the molecule is CCCN(CCC)C(CC)c1ccc2[nH]c3cc4c(=O)c5ccccc5[nH]c4cc3c(=O)c2c1S(N)(=O)=O. The number of hydrogen-bond acceptors (Lipinski definition) is 5. The summed E-state index contributed by atoms with van der Waals surface area (Å²) in [5.74, 6) is 0. The molecule has 0 saturated heterocycles. The van der Waals surface area contributed by atoms with E-state index in [-0.39, 0.29) is 27.1 Å². The highest BCUT2D eigenvalue weighted by Gasteiger charge is 2.28. The number of rotatable bonds is 8. The predicted molar refractivity (Wildman–Crippen MR) is 154 cm³/mol. The average molecular weight is 533 g/mol. The Morgan fingerprint density at radius 1 is 0.789 bits per heavy atom. The molecule has 1 atom stereocenters. The summed E-state index contributed by atoms with van der Waals surface area (Å²) in [5.41, 5.74) is 1.93. The number of nitrogens with one attached hydrogen (secondary N) is 2. The van der Waals surface area contributed by atoms with E-state index in [1.54, 1.807) is 42.5 Å². The Hall–Kier alpha value is -3.53. The van der Waals surface area contributed by atoms with Crippen LogP contribution in [0.3, 0.4) is 0 Å². The third-order valence-corrected chi connectivity index (χ3v) is 8.27. The number of fused-ring (bicyclic) bond motifs is 4. The van der Waals surface area contributed by atoms with Gasteiger partial charge in [0.25, 0.3) is 0 Å². The Kier molecular flexibility index (Phi) is 6.85. The number of benzene rings is 3. The van der Waals surface area contributed by atoms with Gasteiger partial charge >= 0.3 is 0 Å². The van der Waals surface area contributed by atoms with Crippen molar-refractivity contribution in [3.63, 3.8) is 0 Å². The van der Waals surface area contributed by atoms with Gasteiger partial charge in [0, 0.05) is 27.7 Å². The van der Waals surface area contributed by atoms with E-state index in [1.807, 2.05) is 13.0 Å². The Balaban J connectivity index is 1.87. The molecule has 2 heterocycles. The van der Waals surface area contributed by atoms with Crippen LogP contribution in [0.2, 0.25) is 0 Å². The highest BCUT2D eigenvalue weighted by molar-refractivity contribution is 7.89. The highest BCUT2D eigenvalue weighted by atomic mass is 32.2. The number of nitrogens with zero attached hydrogens (tertiary/aromatic N) is 1. The van der Waals surface area contributed by atoms with Crippen LogP contribution in [0.5, 0.6) is 0 Å². The molecule has 0 aliphatic heterocycles. The number of nitrogens with two attached hydrogens (primary N) is 1. The minimum absolute atomic E-state index is 0.0476. The van der Waals surface area contributed by atoms with Crippen molar-refractivity contribution in [1.29, 1.82) is 0 Å². The van der Waals surface area contributed by atoms with E-state index in [9.17, 15) is 18.0 Å². The summed E-state index contributed by atoms with van der Waals surface area (Å²) in [6.45, 7) is 7.79. The van der Waals surface area contributed by atoms with E-state index in [0.29, 0.717) is 44.8 Å². The Bertz CT molecular complexity index is 1920. The van der Waals surface area contributed by atoms with Crippen molar-refractivity contribution >= 4 is 53.6 Å². The lowest BCUT2D eigenvalue weighted by atomic mass is 9.98. The van der Waals surface area contributed by atoms with Crippen molar-refractivity contribution in [2.24, 2.45) is 5.14 Å². The molecular formula is C29H32N4O4S. The molecule has 0 bridgehead atoms. The minimum atomic E-state index is -4.25. The van der Waals surface area contributed by atoms with Gasteiger partial charge in [-0.3, -0.25) is 14.5 Å². The molecule has 5 rings (SSSR count). The van der Waals surface area contributed by atoms with Crippen LogP contribution in [0.15, 0.2) is 63.0 Å². The van der Waals surface area contributed by atoms with Crippen molar-refractivity contribution in [1.82, 2.24) is 14.9 Å². The first-order chi connectivity index (χ1) is 18.2. The van der Waals surface area contributed by atoms with Gasteiger partial charge < -0.3 is 9.97 Å². The second-order valence-electron chi connectivity index (χ2n) is 9.81. The van der Waals surface area contributed by atoms with Crippen molar-refractivity contribution in [2.45, 2.75) is 51.0 Å². The number of hydrogen-bond donors (Lipinski definition) is 3. The van der Waals surface area contributed by atoms with Gasteiger partial charge in [-0.25, -0.2) is 13.6 Å². The van der Waals surface area contributed by atoms with Gasteiger partial charge in [0.2, 0.25) is 10.0 Å². The molecule has 5 aromatic rings. The maximum absolute atomic E-state index is 14.0. The number of aromatic amines is 2. The number of aromatic nitrogens is 2. The largest absolute Gasteiger partial charge is 0.354 e. The quantitative estimate of drug-likeness (QED) is 0.245. The summed E-state index contributed by atoms with van der Waals surface area (Å²) in [6.07, 6.45) is 2.50. The van der Waals surface area contributed by atoms with Crippen LogP contribution < -0.4 is 16.0 Å². The average Bonchev–Trinajstić information content (AvgIpc) is 2.88. The Morgan fingerprint density at radius 3 is 2.00 bits per heavy atom. The lowest BCUT2D eigenvalue weighted by Crippen LogP contribution is -2.32. The molecule has 8 nitrogen and oxygen atoms in total. The second kappa shape index (κ2) is 9.98.